The van der Waals surface area contributed by atoms with Crippen LogP contribution in [0.4, 0.5) is 5.69 Å². The molecule has 0 saturated heterocycles. The number of hydrogen-bond donors (Lipinski definition) is 1. The molecule has 0 radical (unpaired) electrons. The molecule has 19 heavy (non-hydrogen) atoms. The minimum Gasteiger partial charge on any atom is -0.318 e. The Kier molecular flexibility index (Phi) is 2.85. The molecule has 100 valence electrons. The quantitative estimate of drug-likeness (QED) is 0.906. The maximum Gasteiger partial charge on any atom is 0.276 e. The highest BCUT2D eigenvalue weighted by atomic mass is 16.2. The molecular formula is C13H17N5O. The van der Waals surface area contributed by atoms with Gasteiger partial charge < -0.3 is 5.32 Å². The first kappa shape index (κ1) is 12.0. The smallest absolute Gasteiger partial charge is 0.276 e. The fourth-order valence-electron chi connectivity index (χ4n) is 1.96. The second-order valence-electron chi connectivity index (χ2n) is 5.14. The van der Waals surface area contributed by atoms with Gasteiger partial charge in [-0.1, -0.05) is 0 Å². The Bertz CT molecular complexity index is 589. The van der Waals surface area contributed by atoms with Crippen LogP contribution in [-0.2, 0) is 13.6 Å². The highest BCUT2D eigenvalue weighted by Crippen LogP contribution is 2.30. The number of anilines is 1. The van der Waals surface area contributed by atoms with Gasteiger partial charge >= 0.3 is 0 Å². The molecule has 0 aliphatic heterocycles. The third-order valence-corrected chi connectivity index (χ3v) is 3.38. The van der Waals surface area contributed by atoms with Gasteiger partial charge in [0, 0.05) is 25.5 Å². The topological polar surface area (TPSA) is 64.7 Å². The number of nitrogens with one attached hydrogen (secondary N) is 1. The van der Waals surface area contributed by atoms with Crippen LogP contribution in [0.5, 0.6) is 0 Å². The Labute approximate surface area is 111 Å². The zero-order chi connectivity index (χ0) is 13.4. The Morgan fingerprint density at radius 3 is 2.95 bits per heavy atom. The fraction of sp³-hybridized carbons (Fsp3) is 0.462. The molecule has 2 aromatic rings. The molecule has 2 aromatic heterocycles. The molecule has 1 saturated carbocycles. The van der Waals surface area contributed by atoms with Gasteiger partial charge in [-0.3, -0.25) is 14.2 Å². The van der Waals surface area contributed by atoms with Gasteiger partial charge in [-0.2, -0.15) is 10.2 Å². The molecule has 0 spiro atoms. The van der Waals surface area contributed by atoms with Crippen LogP contribution in [0, 0.1) is 12.8 Å². The first-order valence-electron chi connectivity index (χ1n) is 6.46. The first-order valence-corrected chi connectivity index (χ1v) is 6.46. The highest BCUT2D eigenvalue weighted by molar-refractivity contribution is 6.02. The summed E-state index contributed by atoms with van der Waals surface area (Å²) in [5, 5.41) is 11.2. The number of nitrogens with zero attached hydrogens (tertiary/aromatic N) is 4. The monoisotopic (exact) mass is 259 g/mol. The van der Waals surface area contributed by atoms with Gasteiger partial charge in [0.15, 0.2) is 5.69 Å². The van der Waals surface area contributed by atoms with E-state index in [2.05, 4.69) is 15.5 Å². The summed E-state index contributed by atoms with van der Waals surface area (Å²) in [5.41, 5.74) is 2.10. The number of carbonyl (C=O) groups is 1. The summed E-state index contributed by atoms with van der Waals surface area (Å²) in [4.78, 5) is 12.0. The largest absolute Gasteiger partial charge is 0.318 e. The van der Waals surface area contributed by atoms with Crippen molar-refractivity contribution >= 4 is 11.6 Å². The Morgan fingerprint density at radius 2 is 2.32 bits per heavy atom. The SMILES string of the molecule is Cc1cc(C(=O)Nc2cnn(CC3CC3)c2)nn1C. The normalized spacial score (nSPS) is 14.6. The van der Waals surface area contributed by atoms with E-state index in [1.807, 2.05) is 24.9 Å². The predicted octanol–water partition coefficient (Wildman–Crippen LogP) is 1.59. The van der Waals surface area contributed by atoms with Crippen LogP contribution >= 0.6 is 0 Å². The lowest BCUT2D eigenvalue weighted by atomic mass is 10.3. The van der Waals surface area contributed by atoms with E-state index in [1.165, 1.54) is 12.8 Å². The van der Waals surface area contributed by atoms with Crippen LogP contribution < -0.4 is 5.32 Å². The summed E-state index contributed by atoms with van der Waals surface area (Å²) in [6.45, 7) is 2.86. The standard InChI is InChI=1S/C13H17N5O/c1-9-5-12(16-17(9)2)13(19)15-11-6-14-18(8-11)7-10-3-4-10/h5-6,8,10H,3-4,7H2,1-2H3,(H,15,19). The van der Waals surface area contributed by atoms with Gasteiger partial charge in [0.2, 0.25) is 0 Å². The molecule has 1 N–H and O–H groups in total. The van der Waals surface area contributed by atoms with Gasteiger partial charge in [0.1, 0.15) is 0 Å². The maximum atomic E-state index is 12.0. The second-order valence-corrected chi connectivity index (χ2v) is 5.14. The molecule has 0 aromatic carbocycles. The minimum absolute atomic E-state index is 0.199. The van der Waals surface area contributed by atoms with Gasteiger partial charge in [-0.05, 0) is 31.7 Å². The molecule has 1 amide bonds. The lowest BCUT2D eigenvalue weighted by Gasteiger charge is -1.99. The van der Waals surface area contributed by atoms with Crippen molar-refractivity contribution in [3.63, 3.8) is 0 Å². The molecule has 3 rings (SSSR count). The summed E-state index contributed by atoms with van der Waals surface area (Å²) < 4.78 is 3.57. The maximum absolute atomic E-state index is 12.0. The van der Waals surface area contributed by atoms with E-state index >= 15 is 0 Å². The molecule has 0 bridgehead atoms. The Balaban J connectivity index is 1.66. The molecule has 1 fully saturated rings. The van der Waals surface area contributed by atoms with Crippen molar-refractivity contribution in [1.29, 1.82) is 0 Å². The zero-order valence-electron chi connectivity index (χ0n) is 11.1. The number of hydrogen-bond acceptors (Lipinski definition) is 3. The summed E-state index contributed by atoms with van der Waals surface area (Å²) in [5.74, 6) is 0.566. The average molecular weight is 259 g/mol. The van der Waals surface area contributed by atoms with Crippen LogP contribution in [-0.4, -0.2) is 25.5 Å². The molecule has 1 aliphatic rings. The number of amides is 1. The zero-order valence-corrected chi connectivity index (χ0v) is 11.1. The third-order valence-electron chi connectivity index (χ3n) is 3.38. The van der Waals surface area contributed by atoms with E-state index < -0.39 is 0 Å². The van der Waals surface area contributed by atoms with E-state index in [9.17, 15) is 4.79 Å². The predicted molar refractivity (Wildman–Crippen MR) is 70.8 cm³/mol. The van der Waals surface area contributed by atoms with Crippen molar-refractivity contribution in [2.24, 2.45) is 13.0 Å². The van der Waals surface area contributed by atoms with Crippen molar-refractivity contribution in [3.8, 4) is 0 Å². The van der Waals surface area contributed by atoms with Crippen molar-refractivity contribution < 1.29 is 4.79 Å². The van der Waals surface area contributed by atoms with Crippen LogP contribution in [0.1, 0.15) is 29.0 Å². The number of aryl methyl sites for hydroxylation is 2. The lowest BCUT2D eigenvalue weighted by Crippen LogP contribution is -2.12. The van der Waals surface area contributed by atoms with Crippen LogP contribution in [0.15, 0.2) is 18.5 Å². The molecule has 0 atom stereocenters. The third kappa shape index (κ3) is 2.67. The van der Waals surface area contributed by atoms with Crippen molar-refractivity contribution in [3.05, 3.63) is 29.8 Å². The van der Waals surface area contributed by atoms with E-state index in [4.69, 9.17) is 0 Å². The van der Waals surface area contributed by atoms with E-state index in [1.54, 1.807) is 16.9 Å². The van der Waals surface area contributed by atoms with E-state index in [0.29, 0.717) is 11.4 Å². The highest BCUT2D eigenvalue weighted by Gasteiger charge is 2.22. The number of rotatable bonds is 4. The van der Waals surface area contributed by atoms with Crippen LogP contribution in [0.2, 0.25) is 0 Å². The van der Waals surface area contributed by atoms with Crippen molar-refractivity contribution in [2.45, 2.75) is 26.3 Å². The molecule has 2 heterocycles. The summed E-state index contributed by atoms with van der Waals surface area (Å²) >= 11 is 0. The summed E-state index contributed by atoms with van der Waals surface area (Å²) in [6.07, 6.45) is 6.12. The van der Waals surface area contributed by atoms with Gasteiger partial charge in [-0.25, -0.2) is 0 Å². The second kappa shape index (κ2) is 4.53. The van der Waals surface area contributed by atoms with Gasteiger partial charge in [-0.15, -0.1) is 0 Å². The Morgan fingerprint density at radius 1 is 1.53 bits per heavy atom. The van der Waals surface area contributed by atoms with E-state index in [0.717, 1.165) is 18.2 Å². The van der Waals surface area contributed by atoms with Gasteiger partial charge in [0.25, 0.3) is 5.91 Å². The van der Waals surface area contributed by atoms with Gasteiger partial charge in [0.05, 0.1) is 11.9 Å². The summed E-state index contributed by atoms with van der Waals surface area (Å²) in [6, 6.07) is 1.77. The fourth-order valence-corrected chi connectivity index (χ4v) is 1.96. The number of carbonyl (C=O) groups excluding carboxylic acids is 1. The molecule has 6 nitrogen and oxygen atoms in total. The molecule has 1 aliphatic carbocycles. The average Bonchev–Trinajstić information content (AvgIpc) is 2.97. The first-order chi connectivity index (χ1) is 9.11. The number of aromatic nitrogens is 4. The van der Waals surface area contributed by atoms with Crippen molar-refractivity contribution in [2.75, 3.05) is 5.32 Å². The molecule has 6 heteroatoms. The Hall–Kier alpha value is -2.11. The molecule has 0 unspecified atom stereocenters. The van der Waals surface area contributed by atoms with E-state index in [-0.39, 0.29) is 5.91 Å². The lowest BCUT2D eigenvalue weighted by molar-refractivity contribution is 0.102. The summed E-state index contributed by atoms with van der Waals surface area (Å²) in [7, 11) is 1.82. The molecular weight excluding hydrogens is 242 g/mol. The van der Waals surface area contributed by atoms with Crippen LogP contribution in [0.3, 0.4) is 0 Å². The van der Waals surface area contributed by atoms with Crippen LogP contribution in [0.25, 0.3) is 0 Å². The minimum atomic E-state index is -0.199. The van der Waals surface area contributed by atoms with Crippen molar-refractivity contribution in [1.82, 2.24) is 19.6 Å².